The van der Waals surface area contributed by atoms with Gasteiger partial charge < -0.3 is 10.7 Å². The van der Waals surface area contributed by atoms with Crippen LogP contribution in [-0.4, -0.2) is 15.9 Å². The van der Waals surface area contributed by atoms with Gasteiger partial charge in [0.15, 0.2) is 0 Å². The van der Waals surface area contributed by atoms with Crippen molar-refractivity contribution in [3.05, 3.63) is 38.6 Å². The maximum Gasteiger partial charge on any atom is 0.260 e. The van der Waals surface area contributed by atoms with Crippen LogP contribution in [0.2, 0.25) is 0 Å². The second-order valence-electron chi connectivity index (χ2n) is 4.40. The Morgan fingerprint density at radius 1 is 1.45 bits per heavy atom. The molecule has 3 heterocycles. The zero-order chi connectivity index (χ0) is 14.3. The molecular weight excluding hydrogens is 294 g/mol. The molecule has 0 aliphatic rings. The number of primary amides is 1. The molecule has 0 saturated heterocycles. The van der Waals surface area contributed by atoms with Crippen molar-refractivity contribution in [3.8, 4) is 10.4 Å². The fourth-order valence-electron chi connectivity index (χ4n) is 2.00. The van der Waals surface area contributed by atoms with Crippen molar-refractivity contribution in [2.24, 2.45) is 5.73 Å². The van der Waals surface area contributed by atoms with Crippen LogP contribution in [0.5, 0.6) is 0 Å². The third-order valence-electron chi connectivity index (χ3n) is 2.84. The number of nitrogens with one attached hydrogen (secondary N) is 1. The lowest BCUT2D eigenvalue weighted by atomic mass is 10.2. The lowest BCUT2D eigenvalue weighted by Crippen LogP contribution is -2.19. The predicted molar refractivity (Wildman–Crippen MR) is 81.2 cm³/mol. The van der Waals surface area contributed by atoms with Gasteiger partial charge in [-0.25, -0.2) is 4.98 Å². The van der Waals surface area contributed by atoms with Gasteiger partial charge in [-0.05, 0) is 19.1 Å². The van der Waals surface area contributed by atoms with Gasteiger partial charge in [-0.1, -0.05) is 0 Å². The summed E-state index contributed by atoms with van der Waals surface area (Å²) >= 11 is 3.03. The number of nitrogens with two attached hydrogens (primary N) is 1. The molecule has 20 heavy (non-hydrogen) atoms. The maximum atomic E-state index is 12.2. The van der Waals surface area contributed by atoms with Crippen LogP contribution in [0.15, 0.2) is 22.3 Å². The summed E-state index contributed by atoms with van der Waals surface area (Å²) in [5, 5.41) is 2.50. The molecular formula is C13H11N3O2S2. The number of carbonyl (C=O) groups is 1. The number of rotatable bonds is 3. The van der Waals surface area contributed by atoms with Gasteiger partial charge in [0.05, 0.1) is 11.8 Å². The monoisotopic (exact) mass is 305 g/mol. The van der Waals surface area contributed by atoms with Gasteiger partial charge in [0.1, 0.15) is 10.7 Å². The first-order chi connectivity index (χ1) is 9.54. The third kappa shape index (κ3) is 2.25. The second-order valence-corrected chi connectivity index (χ2v) is 6.54. The number of carbonyl (C=O) groups excluding carboxylic acids is 1. The molecule has 3 aromatic rings. The summed E-state index contributed by atoms with van der Waals surface area (Å²) in [5.41, 5.74) is 5.78. The third-order valence-corrected chi connectivity index (χ3v) is 4.75. The van der Waals surface area contributed by atoms with Gasteiger partial charge in [0.2, 0.25) is 5.91 Å². The van der Waals surface area contributed by atoms with Crippen LogP contribution in [0.4, 0.5) is 0 Å². The highest BCUT2D eigenvalue weighted by molar-refractivity contribution is 7.19. The Morgan fingerprint density at radius 3 is 2.90 bits per heavy atom. The van der Waals surface area contributed by atoms with Crippen LogP contribution in [0.3, 0.4) is 0 Å². The topological polar surface area (TPSA) is 88.8 Å². The molecule has 3 N–H and O–H groups in total. The smallest absolute Gasteiger partial charge is 0.260 e. The molecule has 5 nitrogen and oxygen atoms in total. The number of thiophene rings is 2. The molecule has 0 unspecified atom stereocenters. The quantitative estimate of drug-likeness (QED) is 0.776. The molecule has 7 heteroatoms. The average molecular weight is 305 g/mol. The molecule has 0 saturated carbocycles. The first-order valence-corrected chi connectivity index (χ1v) is 7.59. The van der Waals surface area contributed by atoms with Crippen molar-refractivity contribution in [2.75, 3.05) is 0 Å². The number of amides is 1. The van der Waals surface area contributed by atoms with Gasteiger partial charge in [-0.2, -0.15) is 0 Å². The maximum absolute atomic E-state index is 12.2. The normalized spacial score (nSPS) is 11.1. The number of H-pyrrole nitrogens is 1. The van der Waals surface area contributed by atoms with Gasteiger partial charge in [-0.15, -0.1) is 22.7 Å². The minimum Gasteiger partial charge on any atom is -0.369 e. The summed E-state index contributed by atoms with van der Waals surface area (Å²) in [6, 6.07) is 4.02. The molecule has 0 radical (unpaired) electrons. The van der Waals surface area contributed by atoms with E-state index in [0.29, 0.717) is 16.0 Å². The van der Waals surface area contributed by atoms with Crippen LogP contribution in [0.25, 0.3) is 20.7 Å². The summed E-state index contributed by atoms with van der Waals surface area (Å²) in [6.07, 6.45) is -0.0590. The molecule has 0 atom stereocenters. The molecule has 0 bridgehead atoms. The predicted octanol–water partition coefficient (Wildman–Crippen LogP) is 2.05. The van der Waals surface area contributed by atoms with E-state index < -0.39 is 5.91 Å². The van der Waals surface area contributed by atoms with Gasteiger partial charge in [0, 0.05) is 20.7 Å². The van der Waals surface area contributed by atoms with Crippen LogP contribution in [0.1, 0.15) is 10.7 Å². The SMILES string of the molecule is Cc1ccc(-c2csc3nc(CC(N)=O)[nH]c(=O)c23)s1. The van der Waals surface area contributed by atoms with Gasteiger partial charge in [0.25, 0.3) is 5.56 Å². The minimum atomic E-state index is -0.516. The summed E-state index contributed by atoms with van der Waals surface area (Å²) in [6.45, 7) is 2.02. The van der Waals surface area contributed by atoms with E-state index in [9.17, 15) is 9.59 Å². The Kier molecular flexibility index (Phi) is 3.15. The Labute approximate surface area is 122 Å². The number of nitrogens with zero attached hydrogens (tertiary/aromatic N) is 1. The van der Waals surface area contributed by atoms with E-state index in [-0.39, 0.29) is 12.0 Å². The molecule has 0 spiro atoms. The van der Waals surface area contributed by atoms with E-state index in [1.807, 2.05) is 24.4 Å². The number of aromatic amines is 1. The van der Waals surface area contributed by atoms with E-state index in [2.05, 4.69) is 9.97 Å². The fourth-order valence-corrected chi connectivity index (χ4v) is 3.93. The van der Waals surface area contributed by atoms with Gasteiger partial charge >= 0.3 is 0 Å². The first-order valence-electron chi connectivity index (χ1n) is 5.90. The van der Waals surface area contributed by atoms with Gasteiger partial charge in [-0.3, -0.25) is 9.59 Å². The van der Waals surface area contributed by atoms with Crippen molar-refractivity contribution in [1.82, 2.24) is 9.97 Å². The minimum absolute atomic E-state index is 0.0590. The second kappa shape index (κ2) is 4.84. The van der Waals surface area contributed by atoms with E-state index in [1.54, 1.807) is 11.3 Å². The molecule has 3 rings (SSSR count). The Morgan fingerprint density at radius 2 is 2.25 bits per heavy atom. The highest BCUT2D eigenvalue weighted by atomic mass is 32.1. The number of hydrogen-bond donors (Lipinski definition) is 2. The zero-order valence-electron chi connectivity index (χ0n) is 10.6. The number of fused-ring (bicyclic) bond motifs is 1. The average Bonchev–Trinajstić information content (AvgIpc) is 2.94. The fraction of sp³-hybridized carbons (Fsp3) is 0.154. The lowest BCUT2D eigenvalue weighted by Gasteiger charge is -1.98. The highest BCUT2D eigenvalue weighted by Gasteiger charge is 2.14. The van der Waals surface area contributed by atoms with Crippen molar-refractivity contribution in [2.45, 2.75) is 13.3 Å². The van der Waals surface area contributed by atoms with E-state index in [1.165, 1.54) is 16.2 Å². The van der Waals surface area contributed by atoms with E-state index in [4.69, 9.17) is 5.73 Å². The standard InChI is InChI=1S/C13H11N3O2S2/c1-6-2-3-8(20-6)7-5-19-13-11(7)12(18)15-10(16-13)4-9(14)17/h2-3,5H,4H2,1H3,(H2,14,17)(H,15,16,18). The molecule has 0 aliphatic heterocycles. The number of aromatic nitrogens is 2. The Hall–Kier alpha value is -1.99. The Balaban J connectivity index is 2.18. The molecule has 102 valence electrons. The highest BCUT2D eigenvalue weighted by Crippen LogP contribution is 2.34. The van der Waals surface area contributed by atoms with Crippen LogP contribution in [0, 0.1) is 6.92 Å². The van der Waals surface area contributed by atoms with E-state index in [0.717, 1.165) is 10.4 Å². The van der Waals surface area contributed by atoms with Crippen molar-refractivity contribution >= 4 is 38.8 Å². The molecule has 0 aliphatic carbocycles. The number of hydrogen-bond acceptors (Lipinski definition) is 5. The summed E-state index contributed by atoms with van der Waals surface area (Å²) < 4.78 is 0. The number of aryl methyl sites for hydroxylation is 1. The lowest BCUT2D eigenvalue weighted by molar-refractivity contribution is -0.117. The Bertz CT molecular complexity index is 860. The van der Waals surface area contributed by atoms with Crippen molar-refractivity contribution in [1.29, 1.82) is 0 Å². The van der Waals surface area contributed by atoms with Crippen molar-refractivity contribution < 1.29 is 4.79 Å². The van der Waals surface area contributed by atoms with Crippen LogP contribution < -0.4 is 11.3 Å². The first kappa shape index (κ1) is 13.0. The molecule has 3 aromatic heterocycles. The summed E-state index contributed by atoms with van der Waals surface area (Å²) in [7, 11) is 0. The largest absolute Gasteiger partial charge is 0.369 e. The zero-order valence-corrected chi connectivity index (χ0v) is 12.2. The molecule has 0 aromatic carbocycles. The van der Waals surface area contributed by atoms with Crippen LogP contribution >= 0.6 is 22.7 Å². The molecule has 0 fully saturated rings. The summed E-state index contributed by atoms with van der Waals surface area (Å²) in [4.78, 5) is 32.9. The van der Waals surface area contributed by atoms with Crippen LogP contribution in [-0.2, 0) is 11.2 Å². The molecule has 1 amide bonds. The van der Waals surface area contributed by atoms with E-state index >= 15 is 0 Å². The van der Waals surface area contributed by atoms with Crippen molar-refractivity contribution in [3.63, 3.8) is 0 Å². The summed E-state index contributed by atoms with van der Waals surface area (Å²) in [5.74, 6) is -0.205.